The second kappa shape index (κ2) is 5.41. The predicted octanol–water partition coefficient (Wildman–Crippen LogP) is 4.54. The molecule has 2 atom stereocenters. The van der Waals surface area contributed by atoms with Gasteiger partial charge in [0.2, 0.25) is 0 Å². The topological polar surface area (TPSA) is 17.1 Å². The summed E-state index contributed by atoms with van der Waals surface area (Å²) in [6.07, 6.45) is 3.48. The molecule has 0 spiro atoms. The van der Waals surface area contributed by atoms with Gasteiger partial charge in [-0.1, -0.05) is 36.2 Å². The molecule has 1 aromatic carbocycles. The molecule has 2 rings (SSSR count). The van der Waals surface area contributed by atoms with E-state index in [0.29, 0.717) is 21.7 Å². The van der Waals surface area contributed by atoms with Crippen LogP contribution in [0.3, 0.4) is 0 Å². The molecule has 17 heavy (non-hydrogen) atoms. The zero-order valence-electron chi connectivity index (χ0n) is 9.88. The lowest BCUT2D eigenvalue weighted by molar-refractivity contribution is -0.125. The summed E-state index contributed by atoms with van der Waals surface area (Å²) in [5.74, 6) is 1.16. The van der Waals surface area contributed by atoms with E-state index >= 15 is 0 Å². The molecule has 1 aliphatic carbocycles. The number of rotatable bonds is 2. The van der Waals surface area contributed by atoms with Crippen molar-refractivity contribution in [3.8, 4) is 0 Å². The normalized spacial score (nSPS) is 25.0. The Labute approximate surface area is 112 Å². The monoisotopic (exact) mass is 270 g/mol. The Balaban J connectivity index is 2.11. The molecule has 1 aromatic rings. The zero-order valence-corrected chi connectivity index (χ0v) is 11.4. The van der Waals surface area contributed by atoms with Gasteiger partial charge >= 0.3 is 0 Å². The number of hydrogen-bond donors (Lipinski definition) is 0. The van der Waals surface area contributed by atoms with Gasteiger partial charge in [-0.05, 0) is 42.9 Å². The summed E-state index contributed by atoms with van der Waals surface area (Å²) in [5, 5.41) is 1.31. The Kier molecular flexibility index (Phi) is 4.11. The Morgan fingerprint density at radius 1 is 1.35 bits per heavy atom. The number of halogens is 2. The van der Waals surface area contributed by atoms with Gasteiger partial charge in [-0.3, -0.25) is 4.79 Å². The molecule has 1 nitrogen and oxygen atoms in total. The van der Waals surface area contributed by atoms with E-state index in [1.165, 1.54) is 0 Å². The SMILES string of the molecule is CC1CCC(=O)C(Cc2ccc(Cl)cc2Cl)C1. The highest BCUT2D eigenvalue weighted by Crippen LogP contribution is 2.31. The van der Waals surface area contributed by atoms with Crippen molar-refractivity contribution in [2.24, 2.45) is 11.8 Å². The quantitative estimate of drug-likeness (QED) is 0.771. The molecule has 0 aliphatic heterocycles. The van der Waals surface area contributed by atoms with Crippen LogP contribution in [-0.4, -0.2) is 5.78 Å². The van der Waals surface area contributed by atoms with Gasteiger partial charge in [-0.2, -0.15) is 0 Å². The molecule has 0 N–H and O–H groups in total. The number of hydrogen-bond acceptors (Lipinski definition) is 1. The van der Waals surface area contributed by atoms with Crippen LogP contribution in [-0.2, 0) is 11.2 Å². The van der Waals surface area contributed by atoms with Gasteiger partial charge in [-0.25, -0.2) is 0 Å². The number of ketones is 1. The highest BCUT2D eigenvalue weighted by molar-refractivity contribution is 6.35. The van der Waals surface area contributed by atoms with Crippen molar-refractivity contribution in [3.05, 3.63) is 33.8 Å². The number of carbonyl (C=O) groups is 1. The fourth-order valence-corrected chi connectivity index (χ4v) is 2.96. The first-order chi connectivity index (χ1) is 8.06. The maximum absolute atomic E-state index is 11.9. The van der Waals surface area contributed by atoms with E-state index in [4.69, 9.17) is 23.2 Å². The van der Waals surface area contributed by atoms with E-state index in [0.717, 1.165) is 31.2 Å². The minimum atomic E-state index is 0.137. The largest absolute Gasteiger partial charge is 0.299 e. The average molecular weight is 271 g/mol. The van der Waals surface area contributed by atoms with E-state index in [2.05, 4.69) is 6.92 Å². The molecule has 1 saturated carbocycles. The summed E-state index contributed by atoms with van der Waals surface area (Å²) in [5.41, 5.74) is 1.03. The van der Waals surface area contributed by atoms with Crippen molar-refractivity contribution >= 4 is 29.0 Å². The molecule has 0 bridgehead atoms. The van der Waals surface area contributed by atoms with Crippen molar-refractivity contribution in [2.45, 2.75) is 32.6 Å². The van der Waals surface area contributed by atoms with Gasteiger partial charge in [0.1, 0.15) is 5.78 Å². The van der Waals surface area contributed by atoms with Crippen molar-refractivity contribution in [3.63, 3.8) is 0 Å². The highest BCUT2D eigenvalue weighted by atomic mass is 35.5. The minimum Gasteiger partial charge on any atom is -0.299 e. The first-order valence-electron chi connectivity index (χ1n) is 6.03. The number of carbonyl (C=O) groups excluding carboxylic acids is 1. The highest BCUT2D eigenvalue weighted by Gasteiger charge is 2.26. The summed E-state index contributed by atoms with van der Waals surface area (Å²) in [6.45, 7) is 2.21. The van der Waals surface area contributed by atoms with E-state index in [-0.39, 0.29) is 5.92 Å². The second-order valence-corrected chi connectivity index (χ2v) is 5.83. The average Bonchev–Trinajstić information content (AvgIpc) is 2.27. The second-order valence-electron chi connectivity index (χ2n) is 4.98. The molecule has 0 heterocycles. The van der Waals surface area contributed by atoms with Gasteiger partial charge in [0, 0.05) is 22.4 Å². The van der Waals surface area contributed by atoms with Gasteiger partial charge < -0.3 is 0 Å². The first kappa shape index (κ1) is 12.9. The van der Waals surface area contributed by atoms with Crippen LogP contribution in [0.25, 0.3) is 0 Å². The van der Waals surface area contributed by atoms with Crippen LogP contribution in [0.15, 0.2) is 18.2 Å². The minimum absolute atomic E-state index is 0.137. The summed E-state index contributed by atoms with van der Waals surface area (Å²) in [7, 11) is 0. The lowest BCUT2D eigenvalue weighted by Crippen LogP contribution is -2.25. The van der Waals surface area contributed by atoms with Crippen LogP contribution < -0.4 is 0 Å². The fourth-order valence-electron chi connectivity index (χ4n) is 2.48. The molecule has 2 unspecified atom stereocenters. The van der Waals surface area contributed by atoms with Gasteiger partial charge in [-0.15, -0.1) is 0 Å². The molecule has 92 valence electrons. The maximum atomic E-state index is 11.9. The molecule has 0 saturated heterocycles. The van der Waals surface area contributed by atoms with E-state index < -0.39 is 0 Å². The van der Waals surface area contributed by atoms with Gasteiger partial charge in [0.25, 0.3) is 0 Å². The molecule has 1 fully saturated rings. The summed E-state index contributed by atoms with van der Waals surface area (Å²) in [4.78, 5) is 11.9. The third-order valence-electron chi connectivity index (χ3n) is 3.51. The van der Waals surface area contributed by atoms with E-state index in [1.54, 1.807) is 6.07 Å². The van der Waals surface area contributed by atoms with Crippen molar-refractivity contribution in [1.29, 1.82) is 0 Å². The zero-order chi connectivity index (χ0) is 12.4. The van der Waals surface area contributed by atoms with Crippen molar-refractivity contribution in [2.75, 3.05) is 0 Å². The predicted molar refractivity (Wildman–Crippen MR) is 71.7 cm³/mol. The van der Waals surface area contributed by atoms with Crippen molar-refractivity contribution < 1.29 is 4.79 Å². The third kappa shape index (κ3) is 3.23. The Morgan fingerprint density at radius 3 is 2.82 bits per heavy atom. The van der Waals surface area contributed by atoms with Gasteiger partial charge in [0.15, 0.2) is 0 Å². The number of benzene rings is 1. The Hall–Kier alpha value is -0.530. The molecule has 1 aliphatic rings. The molecule has 0 radical (unpaired) electrons. The van der Waals surface area contributed by atoms with Gasteiger partial charge in [0.05, 0.1) is 0 Å². The molecular weight excluding hydrogens is 255 g/mol. The lowest BCUT2D eigenvalue weighted by Gasteiger charge is -2.25. The van der Waals surface area contributed by atoms with Crippen LogP contribution in [0.5, 0.6) is 0 Å². The smallest absolute Gasteiger partial charge is 0.136 e. The first-order valence-corrected chi connectivity index (χ1v) is 6.78. The molecular formula is C14H16Cl2O. The molecule has 0 amide bonds. The summed E-state index contributed by atoms with van der Waals surface area (Å²) < 4.78 is 0. The summed E-state index contributed by atoms with van der Waals surface area (Å²) in [6, 6.07) is 5.51. The standard InChI is InChI=1S/C14H16Cl2O/c1-9-2-5-14(17)11(6-9)7-10-3-4-12(15)8-13(10)16/h3-4,8-9,11H,2,5-7H2,1H3. The lowest BCUT2D eigenvalue weighted by atomic mass is 9.78. The van der Waals surface area contributed by atoms with Crippen LogP contribution in [0.1, 0.15) is 31.7 Å². The van der Waals surface area contributed by atoms with Crippen molar-refractivity contribution in [1.82, 2.24) is 0 Å². The van der Waals surface area contributed by atoms with Crippen LogP contribution in [0.4, 0.5) is 0 Å². The summed E-state index contributed by atoms with van der Waals surface area (Å²) >= 11 is 12.0. The van der Waals surface area contributed by atoms with Crippen LogP contribution in [0.2, 0.25) is 10.0 Å². The fraction of sp³-hybridized carbons (Fsp3) is 0.500. The van der Waals surface area contributed by atoms with Crippen LogP contribution >= 0.6 is 23.2 Å². The van der Waals surface area contributed by atoms with E-state index in [9.17, 15) is 4.79 Å². The number of Topliss-reactive ketones (excluding diaryl/α,β-unsaturated/α-hetero) is 1. The molecule has 0 aromatic heterocycles. The third-order valence-corrected chi connectivity index (χ3v) is 4.09. The van der Waals surface area contributed by atoms with E-state index in [1.807, 2.05) is 12.1 Å². The Bertz CT molecular complexity index is 428. The Morgan fingerprint density at radius 2 is 2.12 bits per heavy atom. The maximum Gasteiger partial charge on any atom is 0.136 e. The molecule has 3 heteroatoms. The van der Waals surface area contributed by atoms with Crippen LogP contribution in [0, 0.1) is 11.8 Å².